The van der Waals surface area contributed by atoms with Gasteiger partial charge in [0.25, 0.3) is 0 Å². The first-order chi connectivity index (χ1) is 15.3. The minimum Gasteiger partial charge on any atom is -0.459 e. The Labute approximate surface area is 189 Å². The molecule has 0 saturated carbocycles. The highest BCUT2D eigenvalue weighted by Gasteiger charge is 2.36. The highest BCUT2D eigenvalue weighted by molar-refractivity contribution is 5.96. The topological polar surface area (TPSA) is 96.0 Å². The molecule has 32 heavy (non-hydrogen) atoms. The summed E-state index contributed by atoms with van der Waals surface area (Å²) >= 11 is 0. The number of rotatable bonds is 10. The quantitative estimate of drug-likeness (QED) is 0.339. The Morgan fingerprint density at radius 1 is 1.25 bits per heavy atom. The number of ether oxygens (including phenoxy) is 1. The number of benzene rings is 1. The van der Waals surface area contributed by atoms with Crippen molar-refractivity contribution in [2.24, 2.45) is 5.92 Å². The number of esters is 1. The van der Waals surface area contributed by atoms with Crippen molar-refractivity contribution < 1.29 is 23.9 Å². The lowest BCUT2D eigenvalue weighted by atomic mass is 9.99. The van der Waals surface area contributed by atoms with Gasteiger partial charge in [-0.25, -0.2) is 4.79 Å². The first-order valence-corrected chi connectivity index (χ1v) is 10.9. The van der Waals surface area contributed by atoms with Gasteiger partial charge in [0, 0.05) is 19.2 Å². The molecule has 1 N–H and O–H groups in total. The predicted octanol–water partition coefficient (Wildman–Crippen LogP) is 1.90. The third kappa shape index (κ3) is 6.67. The van der Waals surface area contributed by atoms with Crippen molar-refractivity contribution in [1.82, 2.24) is 15.1 Å². The maximum Gasteiger partial charge on any atom is 0.329 e. The Kier molecular flexibility index (Phi) is 9.43. The van der Waals surface area contributed by atoms with Crippen molar-refractivity contribution in [2.45, 2.75) is 52.3 Å². The van der Waals surface area contributed by atoms with Crippen molar-refractivity contribution in [3.05, 3.63) is 47.5 Å². The molecule has 0 radical (unpaired) electrons. The predicted molar refractivity (Wildman–Crippen MR) is 120 cm³/mol. The smallest absolute Gasteiger partial charge is 0.329 e. The second kappa shape index (κ2) is 12.0. The normalized spacial score (nSPS) is 17.1. The van der Waals surface area contributed by atoms with Crippen LogP contribution in [-0.4, -0.2) is 66.2 Å². The molecule has 1 aromatic rings. The van der Waals surface area contributed by atoms with E-state index in [1.807, 2.05) is 44.2 Å². The summed E-state index contributed by atoms with van der Waals surface area (Å²) in [6.45, 7) is 6.16. The molecule has 0 aromatic heterocycles. The van der Waals surface area contributed by atoms with Gasteiger partial charge in [0.2, 0.25) is 18.2 Å². The molecule has 1 aliphatic heterocycles. The number of likely N-dealkylation sites (tertiary alicyclic amines) is 1. The van der Waals surface area contributed by atoms with E-state index in [0.717, 1.165) is 12.0 Å². The average molecular weight is 444 g/mol. The van der Waals surface area contributed by atoms with E-state index in [0.29, 0.717) is 24.9 Å². The lowest BCUT2D eigenvalue weighted by molar-refractivity contribution is -0.153. The van der Waals surface area contributed by atoms with Crippen LogP contribution in [0.15, 0.2) is 42.0 Å². The summed E-state index contributed by atoms with van der Waals surface area (Å²) < 4.78 is 5.46. The maximum atomic E-state index is 13.1. The number of nitrogens with zero attached hydrogens (tertiary/aromatic N) is 2. The van der Waals surface area contributed by atoms with Gasteiger partial charge in [-0.05, 0) is 31.2 Å². The molecule has 0 aliphatic carbocycles. The van der Waals surface area contributed by atoms with E-state index in [9.17, 15) is 19.2 Å². The Morgan fingerprint density at radius 2 is 1.94 bits per heavy atom. The number of carbonyl (C=O) groups is 4. The van der Waals surface area contributed by atoms with Gasteiger partial charge in [-0.1, -0.05) is 50.3 Å². The lowest BCUT2D eigenvalue weighted by Crippen LogP contribution is -2.44. The van der Waals surface area contributed by atoms with Crippen molar-refractivity contribution in [2.75, 3.05) is 20.1 Å². The standard InChI is InChI=1S/C24H33N3O5/c1-17(2)21(26(4)22(29)14-25-16-28)13-18(3)23(30)27-12-8-11-20(27)24(31)32-15-19-9-6-5-7-10-19/h5-7,9-10,13,16-17,20-21H,8,11-12,14-15H2,1-4H3,(H,25,28)/b18-13+. The molecule has 174 valence electrons. The summed E-state index contributed by atoms with van der Waals surface area (Å²) in [5.41, 5.74) is 1.36. The molecule has 1 fully saturated rings. The van der Waals surface area contributed by atoms with Gasteiger partial charge in [-0.3, -0.25) is 14.4 Å². The first kappa shape index (κ1) is 25.1. The third-order valence-corrected chi connectivity index (χ3v) is 5.63. The van der Waals surface area contributed by atoms with Gasteiger partial charge in [-0.2, -0.15) is 0 Å². The molecule has 1 heterocycles. The molecule has 2 unspecified atom stereocenters. The molecule has 8 heteroatoms. The number of carbonyl (C=O) groups excluding carboxylic acids is 4. The molecule has 0 spiro atoms. The third-order valence-electron chi connectivity index (χ3n) is 5.63. The summed E-state index contributed by atoms with van der Waals surface area (Å²) in [7, 11) is 1.65. The molecule has 2 rings (SSSR count). The monoisotopic (exact) mass is 443 g/mol. The van der Waals surface area contributed by atoms with Gasteiger partial charge in [-0.15, -0.1) is 0 Å². The van der Waals surface area contributed by atoms with Crippen LogP contribution in [0.5, 0.6) is 0 Å². The fourth-order valence-corrected chi connectivity index (χ4v) is 3.81. The summed E-state index contributed by atoms with van der Waals surface area (Å²) in [5, 5.41) is 2.37. The van der Waals surface area contributed by atoms with E-state index >= 15 is 0 Å². The maximum absolute atomic E-state index is 13.1. The number of hydrogen-bond donors (Lipinski definition) is 1. The molecule has 1 aliphatic rings. The molecule has 0 bridgehead atoms. The largest absolute Gasteiger partial charge is 0.459 e. The van der Waals surface area contributed by atoms with Crippen molar-refractivity contribution in [1.29, 1.82) is 0 Å². The van der Waals surface area contributed by atoms with Crippen LogP contribution in [0.2, 0.25) is 0 Å². The SMILES string of the molecule is C/C(=C\C(C(C)C)N(C)C(=O)CNC=O)C(=O)N1CCCC1C(=O)OCc1ccccc1. The van der Waals surface area contributed by atoms with Gasteiger partial charge in [0.15, 0.2) is 0 Å². The second-order valence-electron chi connectivity index (χ2n) is 8.34. The Balaban J connectivity index is 2.07. The van der Waals surface area contributed by atoms with E-state index < -0.39 is 12.0 Å². The van der Waals surface area contributed by atoms with Crippen LogP contribution in [0.1, 0.15) is 39.2 Å². The van der Waals surface area contributed by atoms with Crippen LogP contribution in [0.25, 0.3) is 0 Å². The average Bonchev–Trinajstić information content (AvgIpc) is 3.28. The minimum absolute atomic E-state index is 0.0492. The zero-order valence-electron chi connectivity index (χ0n) is 19.2. The van der Waals surface area contributed by atoms with E-state index in [1.54, 1.807) is 24.9 Å². The Hall–Kier alpha value is -3.16. The summed E-state index contributed by atoms with van der Waals surface area (Å²) in [6, 6.07) is 8.48. The molecular weight excluding hydrogens is 410 g/mol. The Bertz CT molecular complexity index is 837. The minimum atomic E-state index is -0.608. The van der Waals surface area contributed by atoms with Gasteiger partial charge >= 0.3 is 5.97 Å². The summed E-state index contributed by atoms with van der Waals surface area (Å²) in [6.07, 6.45) is 3.53. The molecular formula is C24H33N3O5. The lowest BCUT2D eigenvalue weighted by Gasteiger charge is -2.30. The molecule has 8 nitrogen and oxygen atoms in total. The van der Waals surface area contributed by atoms with Crippen LogP contribution >= 0.6 is 0 Å². The fourth-order valence-electron chi connectivity index (χ4n) is 3.81. The molecule has 1 saturated heterocycles. The summed E-state index contributed by atoms with van der Waals surface area (Å²) in [5.74, 6) is -0.842. The van der Waals surface area contributed by atoms with Crippen LogP contribution in [0.4, 0.5) is 0 Å². The Morgan fingerprint density at radius 3 is 2.56 bits per heavy atom. The van der Waals surface area contributed by atoms with Crippen molar-refractivity contribution >= 4 is 24.2 Å². The van der Waals surface area contributed by atoms with E-state index in [1.165, 1.54) is 4.90 Å². The number of nitrogens with one attached hydrogen (secondary N) is 1. The van der Waals surface area contributed by atoms with Gasteiger partial charge < -0.3 is 19.9 Å². The van der Waals surface area contributed by atoms with E-state index in [4.69, 9.17) is 4.74 Å². The van der Waals surface area contributed by atoms with Gasteiger partial charge in [0.05, 0.1) is 12.6 Å². The van der Waals surface area contributed by atoms with E-state index in [-0.39, 0.29) is 36.9 Å². The highest BCUT2D eigenvalue weighted by Crippen LogP contribution is 2.22. The van der Waals surface area contributed by atoms with Crippen LogP contribution in [0.3, 0.4) is 0 Å². The van der Waals surface area contributed by atoms with Crippen LogP contribution in [-0.2, 0) is 30.5 Å². The molecule has 2 atom stereocenters. The fraction of sp³-hybridized carbons (Fsp3) is 0.500. The number of likely N-dealkylation sites (N-methyl/N-ethyl adjacent to an activating group) is 1. The molecule has 3 amide bonds. The number of hydrogen-bond acceptors (Lipinski definition) is 5. The highest BCUT2D eigenvalue weighted by atomic mass is 16.5. The van der Waals surface area contributed by atoms with Crippen molar-refractivity contribution in [3.8, 4) is 0 Å². The second-order valence-corrected chi connectivity index (χ2v) is 8.34. The first-order valence-electron chi connectivity index (χ1n) is 10.9. The number of amides is 3. The zero-order chi connectivity index (χ0) is 23.7. The molecule has 1 aromatic carbocycles. The van der Waals surface area contributed by atoms with Crippen molar-refractivity contribution in [3.63, 3.8) is 0 Å². The van der Waals surface area contributed by atoms with E-state index in [2.05, 4.69) is 5.32 Å². The van der Waals surface area contributed by atoms with Gasteiger partial charge in [0.1, 0.15) is 12.6 Å². The zero-order valence-corrected chi connectivity index (χ0v) is 19.2. The van der Waals surface area contributed by atoms with Crippen LogP contribution < -0.4 is 5.32 Å². The summed E-state index contributed by atoms with van der Waals surface area (Å²) in [4.78, 5) is 51.7. The van der Waals surface area contributed by atoms with Crippen LogP contribution in [0, 0.1) is 5.92 Å².